The summed E-state index contributed by atoms with van der Waals surface area (Å²) in [6.07, 6.45) is 2.54. The summed E-state index contributed by atoms with van der Waals surface area (Å²) < 4.78 is 13.3. The van der Waals surface area contributed by atoms with Crippen LogP contribution in [0.3, 0.4) is 0 Å². The number of rotatable bonds is 6. The predicted octanol–water partition coefficient (Wildman–Crippen LogP) is 3.23. The van der Waals surface area contributed by atoms with Crippen LogP contribution in [0, 0.1) is 17.1 Å². The molecule has 2 atom stereocenters. The van der Waals surface area contributed by atoms with Crippen molar-refractivity contribution in [1.29, 1.82) is 5.26 Å². The maximum absolute atomic E-state index is 13.4. The minimum Gasteiger partial charge on any atom is -0.340 e. The molecule has 3 rings (SSSR count). The normalized spacial score (nSPS) is 21.1. The van der Waals surface area contributed by atoms with Gasteiger partial charge in [0.15, 0.2) is 0 Å². The third kappa shape index (κ3) is 3.84. The highest BCUT2D eigenvalue weighted by molar-refractivity contribution is 6.00. The Balaban J connectivity index is 1.91. The molecule has 0 aliphatic carbocycles. The van der Waals surface area contributed by atoms with Crippen molar-refractivity contribution < 1.29 is 14.0 Å². The Labute approximate surface area is 175 Å². The first-order chi connectivity index (χ1) is 14.3. The number of hydrogen-bond acceptors (Lipinski definition) is 3. The van der Waals surface area contributed by atoms with Crippen molar-refractivity contribution in [2.24, 2.45) is 0 Å². The van der Waals surface area contributed by atoms with Crippen molar-refractivity contribution in [2.45, 2.75) is 37.8 Å². The summed E-state index contributed by atoms with van der Waals surface area (Å²) in [5.41, 5.74) is 1.59. The summed E-state index contributed by atoms with van der Waals surface area (Å²) in [5, 5.41) is 12.4. The summed E-state index contributed by atoms with van der Waals surface area (Å²) in [6, 6.07) is 12.6. The van der Waals surface area contributed by atoms with Gasteiger partial charge in [0.2, 0.25) is 11.8 Å². The monoisotopic (exact) mass is 405 g/mol. The molecule has 2 aromatic rings. The molecule has 0 saturated carbocycles. The summed E-state index contributed by atoms with van der Waals surface area (Å²) in [7, 11) is 1.61. The number of benzene rings is 2. The van der Waals surface area contributed by atoms with Crippen LogP contribution in [-0.2, 0) is 22.4 Å². The van der Waals surface area contributed by atoms with Crippen LogP contribution in [0.15, 0.2) is 49.0 Å². The van der Waals surface area contributed by atoms with E-state index in [9.17, 15) is 19.2 Å². The Kier molecular flexibility index (Phi) is 6.02. The molecule has 2 aromatic carbocycles. The van der Waals surface area contributed by atoms with Gasteiger partial charge in [-0.1, -0.05) is 43.8 Å². The molecule has 0 aromatic heterocycles. The first-order valence-electron chi connectivity index (χ1n) is 9.83. The lowest BCUT2D eigenvalue weighted by Gasteiger charge is -2.44. The highest BCUT2D eigenvalue weighted by atomic mass is 19.1. The average molecular weight is 405 g/mol. The minimum absolute atomic E-state index is 0.200. The van der Waals surface area contributed by atoms with E-state index in [0.29, 0.717) is 17.5 Å². The molecule has 6 heteroatoms. The van der Waals surface area contributed by atoms with Crippen LogP contribution in [-0.4, -0.2) is 35.3 Å². The molecular weight excluding hydrogens is 381 g/mol. The molecule has 1 fully saturated rings. The number of likely N-dealkylation sites (N-methyl/N-ethyl adjacent to an activating group) is 1. The lowest BCUT2D eigenvalue weighted by atomic mass is 9.82. The zero-order valence-corrected chi connectivity index (χ0v) is 17.1. The molecule has 1 aliphatic rings. The standard InChI is InChI=1S/C24H24FN3O2/c1-4-17-7-6-8-18(15-26)20(17)13-21-22(29)27-24(5-2,23(30)28(21)3)14-16-9-11-19(25)12-10-16/h4,6-12,21H,1,5,13-14H2,2-3H3,(H,27,29). The first-order valence-corrected chi connectivity index (χ1v) is 9.83. The fourth-order valence-corrected chi connectivity index (χ4v) is 4.01. The van der Waals surface area contributed by atoms with E-state index in [-0.39, 0.29) is 30.5 Å². The predicted molar refractivity (Wildman–Crippen MR) is 113 cm³/mol. The van der Waals surface area contributed by atoms with E-state index in [1.807, 2.05) is 13.0 Å². The average Bonchev–Trinajstić information content (AvgIpc) is 2.76. The molecule has 154 valence electrons. The minimum atomic E-state index is -1.09. The number of carbonyl (C=O) groups is 2. The van der Waals surface area contributed by atoms with Gasteiger partial charge < -0.3 is 10.2 Å². The molecule has 1 N–H and O–H groups in total. The zero-order valence-electron chi connectivity index (χ0n) is 17.1. The smallest absolute Gasteiger partial charge is 0.249 e. The van der Waals surface area contributed by atoms with Crippen LogP contribution in [0.4, 0.5) is 4.39 Å². The summed E-state index contributed by atoms with van der Waals surface area (Å²) in [4.78, 5) is 27.9. The number of nitrogens with one attached hydrogen (secondary N) is 1. The highest BCUT2D eigenvalue weighted by Crippen LogP contribution is 2.28. The van der Waals surface area contributed by atoms with Gasteiger partial charge in [0.1, 0.15) is 17.4 Å². The summed E-state index contributed by atoms with van der Waals surface area (Å²) in [6.45, 7) is 5.63. The van der Waals surface area contributed by atoms with Crippen molar-refractivity contribution in [3.63, 3.8) is 0 Å². The molecular formula is C24H24FN3O2. The molecule has 5 nitrogen and oxygen atoms in total. The maximum atomic E-state index is 13.4. The second-order valence-corrected chi connectivity index (χ2v) is 7.55. The van der Waals surface area contributed by atoms with Crippen LogP contribution in [0.2, 0.25) is 0 Å². The molecule has 1 saturated heterocycles. The van der Waals surface area contributed by atoms with Gasteiger partial charge in [0.25, 0.3) is 0 Å². The third-order valence-corrected chi connectivity index (χ3v) is 5.84. The molecule has 1 aliphatic heterocycles. The Morgan fingerprint density at radius 1 is 1.27 bits per heavy atom. The van der Waals surface area contributed by atoms with E-state index in [1.165, 1.54) is 17.0 Å². The molecule has 0 spiro atoms. The van der Waals surface area contributed by atoms with Gasteiger partial charge in [-0.05, 0) is 41.3 Å². The second kappa shape index (κ2) is 8.50. The van der Waals surface area contributed by atoms with E-state index >= 15 is 0 Å². The third-order valence-electron chi connectivity index (χ3n) is 5.84. The van der Waals surface area contributed by atoms with Gasteiger partial charge in [0, 0.05) is 19.9 Å². The number of halogens is 1. The molecule has 30 heavy (non-hydrogen) atoms. The van der Waals surface area contributed by atoms with Gasteiger partial charge in [-0.15, -0.1) is 0 Å². The van der Waals surface area contributed by atoms with Crippen molar-refractivity contribution in [3.05, 3.63) is 77.1 Å². The second-order valence-electron chi connectivity index (χ2n) is 7.55. The fraction of sp³-hybridized carbons (Fsp3) is 0.292. The van der Waals surface area contributed by atoms with Crippen molar-refractivity contribution in [2.75, 3.05) is 7.05 Å². The number of nitrogens with zero attached hydrogens (tertiary/aromatic N) is 2. The van der Waals surface area contributed by atoms with Gasteiger partial charge in [-0.25, -0.2) is 4.39 Å². The van der Waals surface area contributed by atoms with Crippen LogP contribution in [0.25, 0.3) is 6.08 Å². The summed E-state index contributed by atoms with van der Waals surface area (Å²) in [5.74, 6) is -0.827. The lowest BCUT2D eigenvalue weighted by molar-refractivity contribution is -0.153. The number of carbonyl (C=O) groups excluding carboxylic acids is 2. The maximum Gasteiger partial charge on any atom is 0.249 e. The van der Waals surface area contributed by atoms with Crippen molar-refractivity contribution in [1.82, 2.24) is 10.2 Å². The number of piperazine rings is 1. The highest BCUT2D eigenvalue weighted by Gasteiger charge is 2.48. The largest absolute Gasteiger partial charge is 0.340 e. The summed E-state index contributed by atoms with van der Waals surface area (Å²) >= 11 is 0. The molecule has 2 amide bonds. The van der Waals surface area contributed by atoms with E-state index in [4.69, 9.17) is 0 Å². The van der Waals surface area contributed by atoms with E-state index < -0.39 is 11.6 Å². The van der Waals surface area contributed by atoms with Crippen LogP contribution in [0.5, 0.6) is 0 Å². The quantitative estimate of drug-likeness (QED) is 0.802. The number of nitriles is 1. The Morgan fingerprint density at radius 3 is 2.57 bits per heavy atom. The van der Waals surface area contributed by atoms with Gasteiger partial charge in [-0.2, -0.15) is 5.26 Å². The molecule has 0 bridgehead atoms. The zero-order chi connectivity index (χ0) is 21.9. The fourth-order valence-electron chi connectivity index (χ4n) is 4.01. The SMILES string of the molecule is C=Cc1cccc(C#N)c1CC1C(=O)NC(CC)(Cc2ccc(F)cc2)C(=O)N1C. The van der Waals surface area contributed by atoms with Crippen LogP contribution in [0.1, 0.15) is 35.6 Å². The Hall–Kier alpha value is -3.46. The molecule has 1 heterocycles. The van der Waals surface area contributed by atoms with E-state index in [0.717, 1.165) is 11.1 Å². The topological polar surface area (TPSA) is 73.2 Å². The first kappa shape index (κ1) is 21.3. The van der Waals surface area contributed by atoms with Gasteiger partial charge >= 0.3 is 0 Å². The number of amides is 2. The van der Waals surface area contributed by atoms with Crippen molar-refractivity contribution >= 4 is 17.9 Å². The Morgan fingerprint density at radius 2 is 1.97 bits per heavy atom. The molecule has 0 radical (unpaired) electrons. The lowest BCUT2D eigenvalue weighted by Crippen LogP contribution is -2.70. The van der Waals surface area contributed by atoms with Gasteiger partial charge in [-0.3, -0.25) is 9.59 Å². The van der Waals surface area contributed by atoms with Crippen LogP contribution < -0.4 is 5.32 Å². The molecule has 2 unspecified atom stereocenters. The van der Waals surface area contributed by atoms with Gasteiger partial charge in [0.05, 0.1) is 11.6 Å². The van der Waals surface area contributed by atoms with Crippen molar-refractivity contribution in [3.8, 4) is 6.07 Å². The van der Waals surface area contributed by atoms with E-state index in [1.54, 1.807) is 37.4 Å². The Bertz CT molecular complexity index is 1030. The number of hydrogen-bond donors (Lipinski definition) is 1. The van der Waals surface area contributed by atoms with E-state index in [2.05, 4.69) is 18.0 Å². The van der Waals surface area contributed by atoms with Crippen LogP contribution >= 0.6 is 0 Å².